The van der Waals surface area contributed by atoms with Crippen LogP contribution in [-0.2, 0) is 9.16 Å². The first kappa shape index (κ1) is 20.6. The van der Waals surface area contributed by atoms with Crippen molar-refractivity contribution in [2.75, 3.05) is 0 Å². The number of allylic oxidation sites excluding steroid dienone is 1. The van der Waals surface area contributed by atoms with Crippen molar-refractivity contribution in [1.29, 1.82) is 0 Å². The van der Waals surface area contributed by atoms with Crippen LogP contribution in [-0.4, -0.2) is 26.1 Å². The lowest BCUT2D eigenvalue weighted by atomic mass is 9.78. The molecule has 0 N–H and O–H groups in total. The molecule has 1 aliphatic heterocycles. The highest BCUT2D eigenvalue weighted by atomic mass is 28.4. The van der Waals surface area contributed by atoms with Crippen molar-refractivity contribution in [3.05, 3.63) is 72.8 Å². The molecule has 154 valence electrons. The second kappa shape index (κ2) is 7.23. The summed E-state index contributed by atoms with van der Waals surface area (Å²) in [5.41, 5.74) is 1.08. The number of hydrogen-bond donors (Lipinski definition) is 0. The minimum atomic E-state index is -2.57. The standard InChI is InChI=1S/C26H34O2Si/c1-19(2)20-17-23-26(6,27-23)24(18-20)28-29(25(3,4)5,21-13-9-7-10-14-21)22-15-11-8-12-16-22/h7-16,20,23-24H,1,17-18H2,2-6H3/t20-,23?,24-,26-/m1/s1. The molecule has 0 spiro atoms. The van der Waals surface area contributed by atoms with Crippen LogP contribution in [0.5, 0.6) is 0 Å². The highest BCUT2D eigenvalue weighted by Gasteiger charge is 2.64. The Morgan fingerprint density at radius 3 is 1.97 bits per heavy atom. The van der Waals surface area contributed by atoms with Crippen molar-refractivity contribution in [1.82, 2.24) is 0 Å². The Kier molecular flexibility index (Phi) is 5.13. The van der Waals surface area contributed by atoms with Gasteiger partial charge in [0.25, 0.3) is 8.32 Å². The van der Waals surface area contributed by atoms with Crippen molar-refractivity contribution >= 4 is 18.7 Å². The van der Waals surface area contributed by atoms with Gasteiger partial charge in [-0.25, -0.2) is 0 Å². The second-order valence-corrected chi connectivity index (χ2v) is 14.3. The number of ether oxygens (including phenoxy) is 1. The van der Waals surface area contributed by atoms with Gasteiger partial charge in [-0.05, 0) is 48.0 Å². The zero-order valence-corrected chi connectivity index (χ0v) is 19.4. The van der Waals surface area contributed by atoms with Crippen LogP contribution in [0, 0.1) is 5.92 Å². The molecule has 2 aromatic rings. The van der Waals surface area contributed by atoms with Crippen molar-refractivity contribution in [3.63, 3.8) is 0 Å². The molecule has 2 aliphatic rings. The van der Waals surface area contributed by atoms with E-state index in [-0.39, 0.29) is 16.7 Å². The molecule has 0 aromatic heterocycles. The molecule has 0 bridgehead atoms. The Bertz CT molecular complexity index is 831. The smallest absolute Gasteiger partial charge is 0.261 e. The van der Waals surface area contributed by atoms with E-state index < -0.39 is 8.32 Å². The third-order valence-electron chi connectivity index (χ3n) is 7.05. The highest BCUT2D eigenvalue weighted by Crippen LogP contribution is 2.53. The van der Waals surface area contributed by atoms with Crippen LogP contribution in [0.4, 0.5) is 0 Å². The van der Waals surface area contributed by atoms with Crippen LogP contribution in [0.1, 0.15) is 47.5 Å². The summed E-state index contributed by atoms with van der Waals surface area (Å²) in [4.78, 5) is 0. The maximum Gasteiger partial charge on any atom is 0.261 e. The molecule has 29 heavy (non-hydrogen) atoms. The third-order valence-corrected chi connectivity index (χ3v) is 12.1. The Labute approximate surface area is 177 Å². The number of rotatable bonds is 5. The van der Waals surface area contributed by atoms with Gasteiger partial charge in [-0.15, -0.1) is 0 Å². The molecule has 0 radical (unpaired) electrons. The second-order valence-electron chi connectivity index (χ2n) is 10.1. The van der Waals surface area contributed by atoms with Gasteiger partial charge in [0, 0.05) is 0 Å². The third kappa shape index (κ3) is 3.43. The fourth-order valence-electron chi connectivity index (χ4n) is 5.16. The molecule has 4 rings (SSSR count). The lowest BCUT2D eigenvalue weighted by Crippen LogP contribution is -2.69. The first-order chi connectivity index (χ1) is 13.7. The topological polar surface area (TPSA) is 21.8 Å². The number of fused-ring (bicyclic) bond motifs is 1. The van der Waals surface area contributed by atoms with E-state index in [0.717, 1.165) is 12.8 Å². The van der Waals surface area contributed by atoms with E-state index in [2.05, 4.69) is 102 Å². The van der Waals surface area contributed by atoms with Crippen LogP contribution in [0.3, 0.4) is 0 Å². The zero-order chi connectivity index (χ0) is 20.9. The first-order valence-electron chi connectivity index (χ1n) is 10.8. The quantitative estimate of drug-likeness (QED) is 0.393. The van der Waals surface area contributed by atoms with Crippen LogP contribution in [0.15, 0.2) is 72.8 Å². The van der Waals surface area contributed by atoms with Gasteiger partial charge in [-0.1, -0.05) is 93.6 Å². The van der Waals surface area contributed by atoms with Crippen LogP contribution in [0.25, 0.3) is 0 Å². The summed E-state index contributed by atoms with van der Waals surface area (Å²) in [5.74, 6) is 0.471. The molecule has 2 aromatic carbocycles. The van der Waals surface area contributed by atoms with Crippen molar-refractivity contribution in [3.8, 4) is 0 Å². The molecular weight excluding hydrogens is 372 g/mol. The predicted octanol–water partition coefficient (Wildman–Crippen LogP) is 5.08. The van der Waals surface area contributed by atoms with Gasteiger partial charge in [-0.2, -0.15) is 0 Å². The SMILES string of the molecule is C=C(C)[C@@H]1CC2O[C@@]2(C)[C@H](O[Si](c2ccccc2)(c2ccccc2)C(C)(C)C)C1. The Hall–Kier alpha value is -1.68. The molecule has 0 amide bonds. The summed E-state index contributed by atoms with van der Waals surface area (Å²) in [6.07, 6.45) is 2.44. The molecule has 1 saturated heterocycles. The average molecular weight is 407 g/mol. The fourth-order valence-corrected chi connectivity index (χ4v) is 9.93. The number of epoxide rings is 1. The van der Waals surface area contributed by atoms with E-state index in [1.54, 1.807) is 0 Å². The van der Waals surface area contributed by atoms with E-state index in [9.17, 15) is 0 Å². The molecule has 2 fully saturated rings. The molecule has 4 atom stereocenters. The van der Waals surface area contributed by atoms with E-state index >= 15 is 0 Å². The minimum absolute atomic E-state index is 0.0212. The lowest BCUT2D eigenvalue weighted by molar-refractivity contribution is 0.0770. The summed E-state index contributed by atoms with van der Waals surface area (Å²) >= 11 is 0. The van der Waals surface area contributed by atoms with Gasteiger partial charge in [0.2, 0.25) is 0 Å². The van der Waals surface area contributed by atoms with Gasteiger partial charge >= 0.3 is 0 Å². The Morgan fingerprint density at radius 2 is 1.52 bits per heavy atom. The van der Waals surface area contributed by atoms with Crippen LogP contribution in [0.2, 0.25) is 5.04 Å². The molecule has 3 heteroatoms. The maximum absolute atomic E-state index is 7.43. The van der Waals surface area contributed by atoms with Crippen LogP contribution >= 0.6 is 0 Å². The summed E-state index contributed by atoms with van der Waals surface area (Å²) in [5, 5.41) is 2.64. The summed E-state index contributed by atoms with van der Waals surface area (Å²) in [6.45, 7) is 15.7. The Balaban J connectivity index is 1.84. The maximum atomic E-state index is 7.43. The largest absolute Gasteiger partial charge is 0.401 e. The van der Waals surface area contributed by atoms with E-state index in [4.69, 9.17) is 9.16 Å². The van der Waals surface area contributed by atoms with Crippen molar-refractivity contribution in [2.45, 2.75) is 70.3 Å². The number of hydrogen-bond acceptors (Lipinski definition) is 2. The van der Waals surface area contributed by atoms with Gasteiger partial charge in [0.05, 0.1) is 12.2 Å². The molecule has 2 nitrogen and oxygen atoms in total. The molecule has 1 heterocycles. The highest BCUT2D eigenvalue weighted by molar-refractivity contribution is 6.99. The monoisotopic (exact) mass is 406 g/mol. The Morgan fingerprint density at radius 1 is 1.00 bits per heavy atom. The first-order valence-corrected chi connectivity index (χ1v) is 12.7. The summed E-state index contributed by atoms with van der Waals surface area (Å²) in [7, 11) is -2.57. The fraction of sp³-hybridized carbons (Fsp3) is 0.462. The molecule has 1 saturated carbocycles. The average Bonchev–Trinajstić information content (AvgIpc) is 3.37. The minimum Gasteiger partial charge on any atom is -0.401 e. The molecule has 1 aliphatic carbocycles. The number of benzene rings is 2. The van der Waals surface area contributed by atoms with E-state index in [1.165, 1.54) is 15.9 Å². The molecular formula is C26H34O2Si. The van der Waals surface area contributed by atoms with E-state index in [0.29, 0.717) is 12.0 Å². The van der Waals surface area contributed by atoms with Crippen molar-refractivity contribution in [2.24, 2.45) is 5.92 Å². The van der Waals surface area contributed by atoms with Gasteiger partial charge in [0.15, 0.2) is 0 Å². The van der Waals surface area contributed by atoms with Crippen LogP contribution < -0.4 is 10.4 Å². The predicted molar refractivity (Wildman–Crippen MR) is 123 cm³/mol. The van der Waals surface area contributed by atoms with Gasteiger partial charge < -0.3 is 9.16 Å². The zero-order valence-electron chi connectivity index (χ0n) is 18.4. The summed E-state index contributed by atoms with van der Waals surface area (Å²) < 4.78 is 13.7. The van der Waals surface area contributed by atoms with Crippen molar-refractivity contribution < 1.29 is 9.16 Å². The van der Waals surface area contributed by atoms with Gasteiger partial charge in [-0.3, -0.25) is 0 Å². The lowest BCUT2D eigenvalue weighted by Gasteiger charge is -2.47. The summed E-state index contributed by atoms with van der Waals surface area (Å²) in [6, 6.07) is 21.8. The molecule has 1 unspecified atom stereocenters. The van der Waals surface area contributed by atoms with E-state index in [1.807, 2.05) is 0 Å². The van der Waals surface area contributed by atoms with Gasteiger partial charge in [0.1, 0.15) is 5.60 Å². The normalized spacial score (nSPS) is 29.2.